The maximum absolute atomic E-state index is 10.8. The molecule has 0 aliphatic heterocycles. The molecule has 0 aliphatic carbocycles. The molecule has 0 bridgehead atoms. The standard InChI is InChI=1S/C13H13N3O2S/c1-14-11-8-10(5-6-12(11)16(17)18)9-19-13-4-2-3-7-15-13/h2-8,14H,9H2,1H3. The fourth-order valence-electron chi connectivity index (χ4n) is 1.62. The van der Waals surface area contributed by atoms with Crippen LogP contribution in [0.5, 0.6) is 0 Å². The van der Waals surface area contributed by atoms with Gasteiger partial charge in [0.2, 0.25) is 0 Å². The van der Waals surface area contributed by atoms with E-state index in [9.17, 15) is 10.1 Å². The van der Waals surface area contributed by atoms with Crippen LogP contribution >= 0.6 is 11.8 Å². The number of pyridine rings is 1. The second-order valence-electron chi connectivity index (χ2n) is 3.82. The van der Waals surface area contributed by atoms with Gasteiger partial charge in [-0.15, -0.1) is 11.8 Å². The van der Waals surface area contributed by atoms with E-state index in [2.05, 4.69) is 10.3 Å². The Balaban J connectivity index is 2.11. The molecule has 0 unspecified atom stereocenters. The highest BCUT2D eigenvalue weighted by Crippen LogP contribution is 2.28. The molecule has 2 aromatic rings. The van der Waals surface area contributed by atoms with Crippen molar-refractivity contribution < 1.29 is 4.92 Å². The average molecular weight is 275 g/mol. The van der Waals surface area contributed by atoms with Crippen molar-refractivity contribution in [3.63, 3.8) is 0 Å². The molecule has 19 heavy (non-hydrogen) atoms. The minimum atomic E-state index is -0.387. The van der Waals surface area contributed by atoms with Crippen molar-refractivity contribution in [1.82, 2.24) is 4.98 Å². The molecule has 1 aromatic carbocycles. The van der Waals surface area contributed by atoms with Gasteiger partial charge in [0.1, 0.15) is 5.69 Å². The van der Waals surface area contributed by atoms with Gasteiger partial charge in [0, 0.05) is 25.1 Å². The Morgan fingerprint density at radius 3 is 2.84 bits per heavy atom. The van der Waals surface area contributed by atoms with Crippen LogP contribution in [-0.2, 0) is 5.75 Å². The molecule has 0 atom stereocenters. The molecule has 1 heterocycles. The van der Waals surface area contributed by atoms with Crippen molar-refractivity contribution in [1.29, 1.82) is 0 Å². The fraction of sp³-hybridized carbons (Fsp3) is 0.154. The lowest BCUT2D eigenvalue weighted by atomic mass is 10.2. The Hall–Kier alpha value is -2.08. The summed E-state index contributed by atoms with van der Waals surface area (Å²) in [6.07, 6.45) is 1.75. The molecule has 2 rings (SSSR count). The number of nitro groups is 1. The third kappa shape index (κ3) is 3.45. The van der Waals surface area contributed by atoms with E-state index in [1.165, 1.54) is 6.07 Å². The van der Waals surface area contributed by atoms with E-state index in [0.717, 1.165) is 16.3 Å². The monoisotopic (exact) mass is 275 g/mol. The van der Waals surface area contributed by atoms with Gasteiger partial charge in [0.05, 0.1) is 9.95 Å². The second kappa shape index (κ2) is 6.19. The van der Waals surface area contributed by atoms with Crippen LogP contribution in [0.25, 0.3) is 0 Å². The maximum Gasteiger partial charge on any atom is 0.292 e. The van der Waals surface area contributed by atoms with Crippen LogP contribution < -0.4 is 5.32 Å². The first kappa shape index (κ1) is 13.4. The van der Waals surface area contributed by atoms with E-state index in [1.807, 2.05) is 18.2 Å². The summed E-state index contributed by atoms with van der Waals surface area (Å²) in [5.41, 5.74) is 1.64. The summed E-state index contributed by atoms with van der Waals surface area (Å²) < 4.78 is 0. The SMILES string of the molecule is CNc1cc(CSc2ccccn2)ccc1[N+](=O)[O-]. The molecular formula is C13H13N3O2S. The van der Waals surface area contributed by atoms with Gasteiger partial charge in [-0.1, -0.05) is 12.1 Å². The molecule has 0 amide bonds. The summed E-state index contributed by atoms with van der Waals surface area (Å²) in [5, 5.41) is 14.6. The lowest BCUT2D eigenvalue weighted by Crippen LogP contribution is -1.97. The Morgan fingerprint density at radius 1 is 1.37 bits per heavy atom. The van der Waals surface area contributed by atoms with Gasteiger partial charge in [-0.05, 0) is 23.8 Å². The summed E-state index contributed by atoms with van der Waals surface area (Å²) in [4.78, 5) is 14.7. The van der Waals surface area contributed by atoms with E-state index in [4.69, 9.17) is 0 Å². The molecular weight excluding hydrogens is 262 g/mol. The minimum Gasteiger partial charge on any atom is -0.383 e. The highest BCUT2D eigenvalue weighted by molar-refractivity contribution is 7.98. The number of benzene rings is 1. The summed E-state index contributed by atoms with van der Waals surface area (Å²) in [7, 11) is 1.68. The van der Waals surface area contributed by atoms with Gasteiger partial charge in [-0.3, -0.25) is 10.1 Å². The van der Waals surface area contributed by atoms with Gasteiger partial charge in [-0.25, -0.2) is 4.98 Å². The lowest BCUT2D eigenvalue weighted by molar-refractivity contribution is -0.383. The normalized spacial score (nSPS) is 10.2. The van der Waals surface area contributed by atoms with Gasteiger partial charge < -0.3 is 5.32 Å². The van der Waals surface area contributed by atoms with Gasteiger partial charge >= 0.3 is 0 Å². The third-order valence-corrected chi connectivity index (χ3v) is 3.57. The Morgan fingerprint density at radius 2 is 2.21 bits per heavy atom. The van der Waals surface area contributed by atoms with E-state index in [-0.39, 0.29) is 10.6 Å². The smallest absolute Gasteiger partial charge is 0.292 e. The van der Waals surface area contributed by atoms with Crippen molar-refractivity contribution in [2.24, 2.45) is 0 Å². The van der Waals surface area contributed by atoms with Crippen molar-refractivity contribution in [2.45, 2.75) is 10.8 Å². The van der Waals surface area contributed by atoms with E-state index in [0.29, 0.717) is 5.69 Å². The number of nitro benzene ring substituents is 1. The number of hydrogen-bond donors (Lipinski definition) is 1. The third-order valence-electron chi connectivity index (χ3n) is 2.55. The topological polar surface area (TPSA) is 68.1 Å². The summed E-state index contributed by atoms with van der Waals surface area (Å²) >= 11 is 1.60. The number of aromatic nitrogens is 1. The number of thioether (sulfide) groups is 1. The van der Waals surface area contributed by atoms with Crippen LogP contribution in [0.15, 0.2) is 47.6 Å². The van der Waals surface area contributed by atoms with E-state index >= 15 is 0 Å². The van der Waals surface area contributed by atoms with Crippen LogP contribution in [0, 0.1) is 10.1 Å². The van der Waals surface area contributed by atoms with Crippen LogP contribution in [0.4, 0.5) is 11.4 Å². The van der Waals surface area contributed by atoms with Crippen molar-refractivity contribution in [3.05, 3.63) is 58.3 Å². The number of anilines is 1. The number of nitrogens with zero attached hydrogens (tertiary/aromatic N) is 2. The zero-order valence-corrected chi connectivity index (χ0v) is 11.2. The average Bonchev–Trinajstić information content (AvgIpc) is 2.45. The Labute approximate surface area is 115 Å². The van der Waals surface area contributed by atoms with Crippen LogP contribution in [0.1, 0.15) is 5.56 Å². The Bertz CT molecular complexity index is 575. The van der Waals surface area contributed by atoms with Crippen LogP contribution in [0.2, 0.25) is 0 Å². The lowest BCUT2D eigenvalue weighted by Gasteiger charge is -2.05. The predicted octanol–water partition coefficient (Wildman–Crippen LogP) is 3.32. The van der Waals surface area contributed by atoms with Crippen LogP contribution in [-0.4, -0.2) is 17.0 Å². The molecule has 0 saturated carbocycles. The zero-order valence-electron chi connectivity index (χ0n) is 10.4. The van der Waals surface area contributed by atoms with Crippen molar-refractivity contribution in [2.75, 3.05) is 12.4 Å². The number of rotatable bonds is 5. The van der Waals surface area contributed by atoms with Gasteiger partial charge in [-0.2, -0.15) is 0 Å². The minimum absolute atomic E-state index is 0.0917. The fourth-order valence-corrected chi connectivity index (χ4v) is 2.43. The molecule has 6 heteroatoms. The highest BCUT2D eigenvalue weighted by atomic mass is 32.2. The predicted molar refractivity (Wildman–Crippen MR) is 76.4 cm³/mol. The summed E-state index contributed by atoms with van der Waals surface area (Å²) in [5.74, 6) is 0.726. The Kier molecular flexibility index (Phi) is 4.35. The van der Waals surface area contributed by atoms with Crippen molar-refractivity contribution in [3.8, 4) is 0 Å². The first-order chi connectivity index (χ1) is 9.20. The first-order valence-corrected chi connectivity index (χ1v) is 6.68. The van der Waals surface area contributed by atoms with Gasteiger partial charge in [0.15, 0.2) is 0 Å². The summed E-state index contributed by atoms with van der Waals surface area (Å²) in [6, 6.07) is 10.8. The van der Waals surface area contributed by atoms with E-state index in [1.54, 1.807) is 37.1 Å². The first-order valence-electron chi connectivity index (χ1n) is 5.69. The van der Waals surface area contributed by atoms with Crippen LogP contribution in [0.3, 0.4) is 0 Å². The quantitative estimate of drug-likeness (QED) is 0.515. The molecule has 1 N–H and O–H groups in total. The molecule has 1 aromatic heterocycles. The van der Waals surface area contributed by atoms with Gasteiger partial charge in [0.25, 0.3) is 5.69 Å². The molecule has 98 valence electrons. The molecule has 0 spiro atoms. The largest absolute Gasteiger partial charge is 0.383 e. The van der Waals surface area contributed by atoms with E-state index < -0.39 is 0 Å². The molecule has 0 radical (unpaired) electrons. The molecule has 5 nitrogen and oxygen atoms in total. The van der Waals surface area contributed by atoms with Crippen molar-refractivity contribution >= 4 is 23.1 Å². The molecule has 0 fully saturated rings. The number of hydrogen-bond acceptors (Lipinski definition) is 5. The summed E-state index contributed by atoms with van der Waals surface area (Å²) in [6.45, 7) is 0. The number of nitrogens with one attached hydrogen (secondary N) is 1. The zero-order chi connectivity index (χ0) is 13.7. The maximum atomic E-state index is 10.8. The molecule has 0 saturated heterocycles. The highest BCUT2D eigenvalue weighted by Gasteiger charge is 2.12. The second-order valence-corrected chi connectivity index (χ2v) is 4.81. The molecule has 0 aliphatic rings.